The van der Waals surface area contributed by atoms with Crippen molar-refractivity contribution in [2.24, 2.45) is 0 Å². The molecule has 0 radical (unpaired) electrons. The van der Waals surface area contributed by atoms with Gasteiger partial charge in [0.2, 0.25) is 0 Å². The number of hydrogen-bond acceptors (Lipinski definition) is 5. The molecule has 0 atom stereocenters. The van der Waals surface area contributed by atoms with Crippen LogP contribution >= 0.6 is 0 Å². The lowest BCUT2D eigenvalue weighted by molar-refractivity contribution is 0.0945. The third-order valence-corrected chi connectivity index (χ3v) is 3.08. The smallest absolute Gasteiger partial charge is 0.270 e. The summed E-state index contributed by atoms with van der Waals surface area (Å²) in [6.07, 6.45) is 5.05. The van der Waals surface area contributed by atoms with Gasteiger partial charge in [-0.3, -0.25) is 9.59 Å². The number of hydrogen-bond donors (Lipinski definition) is 2. The van der Waals surface area contributed by atoms with Crippen LogP contribution in [0.4, 0.5) is 0 Å². The Morgan fingerprint density at radius 1 is 1.30 bits per heavy atom. The zero-order chi connectivity index (χ0) is 13.9. The van der Waals surface area contributed by atoms with Crippen LogP contribution in [0.5, 0.6) is 0 Å². The Hall–Kier alpha value is -2.57. The summed E-state index contributed by atoms with van der Waals surface area (Å²) in [5, 5.41) is 2.68. The minimum Gasteiger partial charge on any atom is -0.345 e. The summed E-state index contributed by atoms with van der Waals surface area (Å²) in [6, 6.07) is 3.06. The predicted octanol–water partition coefficient (Wildman–Crippen LogP) is 0.367. The average Bonchev–Trinajstić information content (AvgIpc) is 3.30. The number of nitrogens with zero attached hydrogens (tertiary/aromatic N) is 3. The molecule has 3 rings (SSSR count). The molecule has 0 aromatic carbocycles. The molecule has 1 amide bonds. The molecule has 0 aliphatic heterocycles. The Morgan fingerprint density at radius 3 is 2.90 bits per heavy atom. The predicted molar refractivity (Wildman–Crippen MR) is 70.0 cm³/mol. The van der Waals surface area contributed by atoms with Crippen molar-refractivity contribution >= 4 is 5.91 Å². The monoisotopic (exact) mass is 271 g/mol. The largest absolute Gasteiger partial charge is 0.345 e. The Bertz CT molecular complexity index is 693. The molecule has 1 aliphatic carbocycles. The maximum atomic E-state index is 11.8. The van der Waals surface area contributed by atoms with Gasteiger partial charge in [-0.05, 0) is 18.9 Å². The highest BCUT2D eigenvalue weighted by Crippen LogP contribution is 2.38. The van der Waals surface area contributed by atoms with Gasteiger partial charge < -0.3 is 10.3 Å². The minimum absolute atomic E-state index is 0.0882. The van der Waals surface area contributed by atoms with Crippen LogP contribution in [0.2, 0.25) is 0 Å². The molecule has 0 bridgehead atoms. The molecule has 7 nitrogen and oxygen atoms in total. The van der Waals surface area contributed by atoms with E-state index in [0.717, 1.165) is 17.5 Å². The summed E-state index contributed by atoms with van der Waals surface area (Å²) < 4.78 is 0. The maximum absolute atomic E-state index is 11.8. The Kier molecular flexibility index (Phi) is 3.24. The average molecular weight is 271 g/mol. The SMILES string of the molecule is O=C(NCc1cc(C2CC2)ncn1)c1cc(=O)[nH]cn1. The third kappa shape index (κ3) is 2.87. The van der Waals surface area contributed by atoms with Gasteiger partial charge in [0.15, 0.2) is 0 Å². The van der Waals surface area contributed by atoms with E-state index < -0.39 is 5.91 Å². The van der Waals surface area contributed by atoms with E-state index in [2.05, 4.69) is 25.3 Å². The lowest BCUT2D eigenvalue weighted by Crippen LogP contribution is -2.26. The summed E-state index contributed by atoms with van der Waals surface area (Å²) in [5.74, 6) is 0.143. The summed E-state index contributed by atoms with van der Waals surface area (Å²) in [6.45, 7) is 0.287. The topological polar surface area (TPSA) is 101 Å². The maximum Gasteiger partial charge on any atom is 0.270 e. The summed E-state index contributed by atoms with van der Waals surface area (Å²) >= 11 is 0. The van der Waals surface area contributed by atoms with Crippen molar-refractivity contribution in [3.8, 4) is 0 Å². The number of carbonyl (C=O) groups is 1. The molecule has 2 aromatic rings. The van der Waals surface area contributed by atoms with Crippen LogP contribution in [0.1, 0.15) is 40.6 Å². The lowest BCUT2D eigenvalue weighted by atomic mass is 10.2. The zero-order valence-corrected chi connectivity index (χ0v) is 10.7. The van der Waals surface area contributed by atoms with Crippen LogP contribution in [0.25, 0.3) is 0 Å². The second-order valence-corrected chi connectivity index (χ2v) is 4.69. The second-order valence-electron chi connectivity index (χ2n) is 4.69. The lowest BCUT2D eigenvalue weighted by Gasteiger charge is -2.05. The van der Waals surface area contributed by atoms with Crippen LogP contribution < -0.4 is 10.9 Å². The Balaban J connectivity index is 1.65. The number of nitrogens with one attached hydrogen (secondary N) is 2. The van der Waals surface area contributed by atoms with Gasteiger partial charge in [0, 0.05) is 17.7 Å². The van der Waals surface area contributed by atoms with Crippen LogP contribution in [-0.2, 0) is 6.54 Å². The van der Waals surface area contributed by atoms with Gasteiger partial charge in [-0.1, -0.05) is 0 Å². The molecule has 0 spiro atoms. The van der Waals surface area contributed by atoms with Gasteiger partial charge in [0.25, 0.3) is 11.5 Å². The first kappa shape index (κ1) is 12.5. The fourth-order valence-electron chi connectivity index (χ4n) is 1.87. The molecule has 7 heteroatoms. The molecule has 2 heterocycles. The van der Waals surface area contributed by atoms with E-state index in [9.17, 15) is 9.59 Å². The van der Waals surface area contributed by atoms with Crippen molar-refractivity contribution in [2.75, 3.05) is 0 Å². The Labute approximate surface area is 114 Å². The standard InChI is InChI=1S/C13H13N5O2/c19-12-4-11(17-7-18-12)13(20)14-5-9-3-10(8-1-2-8)16-6-15-9/h3-4,6-8H,1-2,5H2,(H,14,20)(H,17,18,19). The fraction of sp³-hybridized carbons (Fsp3) is 0.308. The highest BCUT2D eigenvalue weighted by molar-refractivity contribution is 5.91. The second kappa shape index (κ2) is 5.20. The van der Waals surface area contributed by atoms with Gasteiger partial charge in [-0.15, -0.1) is 0 Å². The number of carbonyl (C=O) groups excluding carboxylic acids is 1. The van der Waals surface area contributed by atoms with Crippen molar-refractivity contribution in [1.29, 1.82) is 0 Å². The molecular weight excluding hydrogens is 258 g/mol. The van der Waals surface area contributed by atoms with Gasteiger partial charge in [-0.25, -0.2) is 15.0 Å². The summed E-state index contributed by atoms with van der Waals surface area (Å²) in [4.78, 5) is 37.4. The van der Waals surface area contributed by atoms with Crippen LogP contribution in [0.3, 0.4) is 0 Å². The van der Waals surface area contributed by atoms with Gasteiger partial charge >= 0.3 is 0 Å². The van der Waals surface area contributed by atoms with Crippen LogP contribution in [0.15, 0.2) is 29.6 Å². The van der Waals surface area contributed by atoms with E-state index >= 15 is 0 Å². The molecule has 1 fully saturated rings. The number of amides is 1. The van der Waals surface area contributed by atoms with Crippen molar-refractivity contribution in [3.63, 3.8) is 0 Å². The van der Waals surface area contributed by atoms with Crippen molar-refractivity contribution in [1.82, 2.24) is 25.3 Å². The first-order valence-corrected chi connectivity index (χ1v) is 6.36. The van der Waals surface area contributed by atoms with E-state index in [0.29, 0.717) is 5.92 Å². The number of aromatic amines is 1. The van der Waals surface area contributed by atoms with Crippen molar-refractivity contribution in [2.45, 2.75) is 25.3 Å². The number of aromatic nitrogens is 4. The molecule has 1 saturated carbocycles. The third-order valence-electron chi connectivity index (χ3n) is 3.08. The molecule has 1 aliphatic rings. The molecular formula is C13H13N5O2. The fourth-order valence-corrected chi connectivity index (χ4v) is 1.87. The quantitative estimate of drug-likeness (QED) is 0.836. The molecule has 0 unspecified atom stereocenters. The molecule has 2 aromatic heterocycles. The van der Waals surface area contributed by atoms with Gasteiger partial charge in [0.05, 0.1) is 18.6 Å². The van der Waals surface area contributed by atoms with E-state index in [1.807, 2.05) is 6.07 Å². The first-order chi connectivity index (χ1) is 9.72. The summed E-state index contributed by atoms with van der Waals surface area (Å²) in [5.41, 5.74) is 1.51. The normalized spacial score (nSPS) is 14.0. The number of rotatable bonds is 4. The molecule has 2 N–H and O–H groups in total. The molecule has 0 saturated heterocycles. The number of H-pyrrole nitrogens is 1. The van der Waals surface area contributed by atoms with Gasteiger partial charge in [-0.2, -0.15) is 0 Å². The van der Waals surface area contributed by atoms with Gasteiger partial charge in [0.1, 0.15) is 12.0 Å². The van der Waals surface area contributed by atoms with Crippen molar-refractivity contribution < 1.29 is 4.79 Å². The van der Waals surface area contributed by atoms with E-state index in [1.165, 1.54) is 25.5 Å². The molecule has 20 heavy (non-hydrogen) atoms. The van der Waals surface area contributed by atoms with Crippen LogP contribution in [0, 0.1) is 0 Å². The van der Waals surface area contributed by atoms with Crippen molar-refractivity contribution in [3.05, 3.63) is 52.2 Å². The van der Waals surface area contributed by atoms with E-state index in [4.69, 9.17) is 0 Å². The van der Waals surface area contributed by atoms with E-state index in [-0.39, 0.29) is 17.8 Å². The minimum atomic E-state index is -0.400. The zero-order valence-electron chi connectivity index (χ0n) is 10.7. The first-order valence-electron chi connectivity index (χ1n) is 6.36. The highest BCUT2D eigenvalue weighted by atomic mass is 16.2. The highest BCUT2D eigenvalue weighted by Gasteiger charge is 2.25. The molecule has 102 valence electrons. The van der Waals surface area contributed by atoms with E-state index in [1.54, 1.807) is 0 Å². The summed E-state index contributed by atoms with van der Waals surface area (Å²) in [7, 11) is 0. The Morgan fingerprint density at radius 2 is 2.15 bits per heavy atom. The van der Waals surface area contributed by atoms with Crippen LogP contribution in [-0.4, -0.2) is 25.8 Å².